The van der Waals surface area contributed by atoms with Crippen molar-refractivity contribution in [3.05, 3.63) is 0 Å². The predicted molar refractivity (Wildman–Crippen MR) is 91.5 cm³/mol. The number of hydrogen-bond acceptors (Lipinski definition) is 4. The Morgan fingerprint density at radius 3 is 2.48 bits per heavy atom. The molecule has 1 aliphatic heterocycles. The molecule has 5 nitrogen and oxygen atoms in total. The van der Waals surface area contributed by atoms with Crippen LogP contribution in [0.2, 0.25) is 0 Å². The molecule has 136 valence electrons. The smallest absolute Gasteiger partial charge is 0.412 e. The van der Waals surface area contributed by atoms with Gasteiger partial charge in [-0.2, -0.15) is 0 Å². The second kappa shape index (κ2) is 8.88. The molecule has 1 fully saturated rings. The third-order valence-electron chi connectivity index (χ3n) is 3.88. The number of nitrogens with zero attached hydrogens (tertiary/aromatic N) is 1. The summed E-state index contributed by atoms with van der Waals surface area (Å²) in [5.74, 6) is 0. The second-order valence-corrected chi connectivity index (χ2v) is 7.72. The second-order valence-electron chi connectivity index (χ2n) is 7.72. The summed E-state index contributed by atoms with van der Waals surface area (Å²) in [5.41, 5.74) is -1.10. The van der Waals surface area contributed by atoms with Crippen molar-refractivity contribution < 1.29 is 19.0 Å². The van der Waals surface area contributed by atoms with Crippen LogP contribution in [0.4, 0.5) is 4.79 Å². The van der Waals surface area contributed by atoms with Crippen LogP contribution in [-0.2, 0) is 14.2 Å². The van der Waals surface area contributed by atoms with Crippen LogP contribution in [0.15, 0.2) is 0 Å². The molecule has 1 amide bonds. The highest BCUT2D eigenvalue weighted by Crippen LogP contribution is 2.31. The van der Waals surface area contributed by atoms with E-state index in [0.717, 1.165) is 38.9 Å². The fraction of sp³-hybridized carbons (Fsp3) is 0.944. The van der Waals surface area contributed by atoms with Gasteiger partial charge in [0.1, 0.15) is 11.3 Å². The molecule has 0 unspecified atom stereocenters. The summed E-state index contributed by atoms with van der Waals surface area (Å²) in [4.78, 5) is 14.3. The van der Waals surface area contributed by atoms with E-state index in [-0.39, 0.29) is 12.1 Å². The van der Waals surface area contributed by atoms with Gasteiger partial charge in [-0.25, -0.2) is 4.79 Å². The fourth-order valence-electron chi connectivity index (χ4n) is 2.71. The Morgan fingerprint density at radius 1 is 1.22 bits per heavy atom. The number of amides is 1. The largest absolute Gasteiger partial charge is 0.444 e. The Hall–Kier alpha value is -0.810. The molecule has 1 saturated heterocycles. The molecule has 5 heteroatoms. The lowest BCUT2D eigenvalue weighted by atomic mass is 10.1. The van der Waals surface area contributed by atoms with Gasteiger partial charge in [-0.1, -0.05) is 13.3 Å². The number of carbonyl (C=O) groups excluding carboxylic acids is 1. The number of hydrogen-bond donors (Lipinski definition) is 0. The maximum atomic E-state index is 12.5. The van der Waals surface area contributed by atoms with Crippen molar-refractivity contribution in [2.45, 2.75) is 91.0 Å². The summed E-state index contributed by atoms with van der Waals surface area (Å²) in [6, 6.07) is 0.0792. The molecule has 0 spiro atoms. The molecule has 0 bridgehead atoms. The zero-order valence-corrected chi connectivity index (χ0v) is 15.8. The third kappa shape index (κ3) is 7.08. The van der Waals surface area contributed by atoms with E-state index in [4.69, 9.17) is 14.2 Å². The summed E-state index contributed by atoms with van der Waals surface area (Å²) < 4.78 is 16.9. The van der Waals surface area contributed by atoms with Gasteiger partial charge in [0.05, 0.1) is 12.6 Å². The molecule has 1 heterocycles. The molecular weight excluding hydrogens is 294 g/mol. The lowest BCUT2D eigenvalue weighted by Crippen LogP contribution is -2.49. The average molecular weight is 329 g/mol. The van der Waals surface area contributed by atoms with Crippen LogP contribution >= 0.6 is 0 Å². The Labute approximate surface area is 141 Å². The van der Waals surface area contributed by atoms with E-state index >= 15 is 0 Å². The quantitative estimate of drug-likeness (QED) is 0.621. The minimum atomic E-state index is -0.607. The van der Waals surface area contributed by atoms with E-state index < -0.39 is 11.3 Å². The van der Waals surface area contributed by atoms with Gasteiger partial charge in [0, 0.05) is 13.2 Å². The lowest BCUT2D eigenvalue weighted by Gasteiger charge is -2.35. The van der Waals surface area contributed by atoms with E-state index in [2.05, 4.69) is 6.92 Å². The van der Waals surface area contributed by atoms with E-state index in [9.17, 15) is 4.79 Å². The highest BCUT2D eigenvalue weighted by atomic mass is 16.6. The first kappa shape index (κ1) is 20.2. The van der Waals surface area contributed by atoms with Crippen molar-refractivity contribution >= 4 is 6.09 Å². The van der Waals surface area contributed by atoms with Gasteiger partial charge in [0.2, 0.25) is 0 Å². The van der Waals surface area contributed by atoms with Gasteiger partial charge in [0.25, 0.3) is 0 Å². The summed E-state index contributed by atoms with van der Waals surface area (Å²) in [6.45, 7) is 13.9. The first-order valence-corrected chi connectivity index (χ1v) is 8.91. The minimum Gasteiger partial charge on any atom is -0.444 e. The lowest BCUT2D eigenvalue weighted by molar-refractivity contribution is -0.0627. The number of carbonyl (C=O) groups is 1. The number of unbranched alkanes of at least 4 members (excludes halogenated alkanes) is 2. The van der Waals surface area contributed by atoms with Gasteiger partial charge >= 0.3 is 6.09 Å². The summed E-state index contributed by atoms with van der Waals surface area (Å²) >= 11 is 0. The standard InChI is InChI=1S/C18H35NO4/c1-7-8-12-21-13-10-9-11-15-14-22-18(5,6)19(15)16(20)23-17(2,3)4/h15H,7-14H2,1-6H3/t15-/m1/s1. The van der Waals surface area contributed by atoms with Crippen molar-refractivity contribution in [1.82, 2.24) is 4.90 Å². The molecule has 0 saturated carbocycles. The van der Waals surface area contributed by atoms with Crippen LogP contribution in [0.3, 0.4) is 0 Å². The van der Waals surface area contributed by atoms with Crippen LogP contribution in [0.25, 0.3) is 0 Å². The van der Waals surface area contributed by atoms with Crippen LogP contribution in [0, 0.1) is 0 Å². The van der Waals surface area contributed by atoms with E-state index in [1.807, 2.05) is 34.6 Å². The first-order valence-electron chi connectivity index (χ1n) is 8.91. The highest BCUT2D eigenvalue weighted by Gasteiger charge is 2.45. The molecule has 0 aromatic heterocycles. The highest BCUT2D eigenvalue weighted by molar-refractivity contribution is 5.69. The molecule has 0 aliphatic carbocycles. The third-order valence-corrected chi connectivity index (χ3v) is 3.88. The van der Waals surface area contributed by atoms with Crippen molar-refractivity contribution in [3.8, 4) is 0 Å². The zero-order valence-electron chi connectivity index (χ0n) is 15.8. The molecule has 0 aromatic rings. The Bertz CT molecular complexity index is 363. The van der Waals surface area contributed by atoms with E-state index in [1.54, 1.807) is 4.90 Å². The van der Waals surface area contributed by atoms with Crippen molar-refractivity contribution in [2.75, 3.05) is 19.8 Å². The van der Waals surface area contributed by atoms with Crippen molar-refractivity contribution in [3.63, 3.8) is 0 Å². The fourth-order valence-corrected chi connectivity index (χ4v) is 2.71. The number of ether oxygens (including phenoxy) is 3. The normalized spacial score (nSPS) is 20.8. The summed E-state index contributed by atoms with van der Waals surface area (Å²) in [7, 11) is 0. The van der Waals surface area contributed by atoms with Crippen LogP contribution in [0.5, 0.6) is 0 Å². The molecule has 1 rings (SSSR count). The Kier molecular flexibility index (Phi) is 7.81. The monoisotopic (exact) mass is 329 g/mol. The van der Waals surface area contributed by atoms with Crippen LogP contribution < -0.4 is 0 Å². The van der Waals surface area contributed by atoms with E-state index in [0.29, 0.717) is 6.61 Å². The first-order chi connectivity index (χ1) is 10.7. The molecule has 0 radical (unpaired) electrons. The molecule has 1 atom stereocenters. The van der Waals surface area contributed by atoms with Crippen LogP contribution in [-0.4, -0.2) is 48.2 Å². The maximum absolute atomic E-state index is 12.5. The van der Waals surface area contributed by atoms with Crippen LogP contribution in [0.1, 0.15) is 73.6 Å². The molecule has 0 aromatic carbocycles. The van der Waals surface area contributed by atoms with Gasteiger partial charge in [-0.3, -0.25) is 4.90 Å². The van der Waals surface area contributed by atoms with Gasteiger partial charge < -0.3 is 14.2 Å². The predicted octanol–water partition coefficient (Wildman–Crippen LogP) is 4.35. The molecular formula is C18H35NO4. The average Bonchev–Trinajstić information content (AvgIpc) is 2.71. The topological polar surface area (TPSA) is 48.0 Å². The summed E-state index contributed by atoms with van der Waals surface area (Å²) in [6.07, 6.45) is 4.96. The molecule has 0 N–H and O–H groups in total. The molecule has 1 aliphatic rings. The summed E-state index contributed by atoms with van der Waals surface area (Å²) in [5, 5.41) is 0. The van der Waals surface area contributed by atoms with Crippen molar-refractivity contribution in [1.29, 1.82) is 0 Å². The van der Waals surface area contributed by atoms with Gasteiger partial charge in [-0.15, -0.1) is 0 Å². The number of rotatable bonds is 8. The minimum absolute atomic E-state index is 0.0792. The maximum Gasteiger partial charge on any atom is 0.412 e. The van der Waals surface area contributed by atoms with Gasteiger partial charge in [-0.05, 0) is 60.3 Å². The Balaban J connectivity index is 2.42. The SMILES string of the molecule is CCCCOCCCC[C@@H]1COC(C)(C)N1C(=O)OC(C)(C)C. The van der Waals surface area contributed by atoms with E-state index in [1.165, 1.54) is 6.42 Å². The molecule has 23 heavy (non-hydrogen) atoms. The van der Waals surface area contributed by atoms with Crippen molar-refractivity contribution in [2.24, 2.45) is 0 Å². The van der Waals surface area contributed by atoms with Gasteiger partial charge in [0.15, 0.2) is 0 Å². The Morgan fingerprint density at radius 2 is 1.87 bits per heavy atom. The zero-order chi connectivity index (χ0) is 17.5.